The molecule has 2 amide bonds. The minimum atomic E-state index is -1.14. The van der Waals surface area contributed by atoms with Crippen molar-refractivity contribution in [2.45, 2.75) is 44.6 Å². The van der Waals surface area contributed by atoms with Crippen molar-refractivity contribution in [2.75, 3.05) is 6.61 Å². The Balaban J connectivity index is 1.91. The second kappa shape index (κ2) is 7.02. The van der Waals surface area contributed by atoms with E-state index in [1.807, 2.05) is 6.92 Å². The summed E-state index contributed by atoms with van der Waals surface area (Å²) in [6.45, 7) is 4.05. The van der Waals surface area contributed by atoms with Crippen LogP contribution in [-0.4, -0.2) is 35.9 Å². The molecule has 7 heteroatoms. The third-order valence-corrected chi connectivity index (χ3v) is 3.81. The van der Waals surface area contributed by atoms with Crippen molar-refractivity contribution in [3.63, 3.8) is 0 Å². The number of nitrogens with one attached hydrogen (secondary N) is 2. The lowest BCUT2D eigenvalue weighted by Crippen LogP contribution is -2.48. The van der Waals surface area contributed by atoms with Crippen LogP contribution in [0.3, 0.4) is 0 Å². The minimum Gasteiger partial charge on any atom is -0.386 e. The number of aliphatic hydroxyl groups excluding tert-OH is 1. The van der Waals surface area contributed by atoms with E-state index >= 15 is 0 Å². The zero-order valence-electron chi connectivity index (χ0n) is 12.5. The summed E-state index contributed by atoms with van der Waals surface area (Å²) in [6.07, 6.45) is -0.468. The quantitative estimate of drug-likeness (QED) is 0.794. The summed E-state index contributed by atoms with van der Waals surface area (Å²) in [6, 6.07) is 1.97. The summed E-state index contributed by atoms with van der Waals surface area (Å²) in [5.41, 5.74) is 0.198. The van der Waals surface area contributed by atoms with Crippen LogP contribution in [0.15, 0.2) is 18.2 Å². The van der Waals surface area contributed by atoms with Gasteiger partial charge in [0.15, 0.2) is 11.6 Å². The zero-order chi connectivity index (χ0) is 16.3. The normalized spacial score (nSPS) is 23.9. The van der Waals surface area contributed by atoms with Crippen molar-refractivity contribution in [1.82, 2.24) is 10.6 Å². The van der Waals surface area contributed by atoms with E-state index in [9.17, 15) is 18.7 Å². The van der Waals surface area contributed by atoms with Gasteiger partial charge < -0.3 is 20.5 Å². The summed E-state index contributed by atoms with van der Waals surface area (Å²) in [7, 11) is 0. The standard InChI is InChI=1S/C15H20F2N2O3/c1-8(14(20)10-3-4-11(16)12(17)7-10)18-15(21)19-13-5-6-22-9(13)2/h3-4,7-9,13-14,20H,5-6H2,1-2H3,(H2,18,19,21). The van der Waals surface area contributed by atoms with Gasteiger partial charge >= 0.3 is 6.03 Å². The molecular weight excluding hydrogens is 294 g/mol. The summed E-state index contributed by atoms with van der Waals surface area (Å²) in [5.74, 6) is -2.02. The predicted octanol–water partition coefficient (Wildman–Crippen LogP) is 1.86. The Morgan fingerprint density at radius 3 is 2.73 bits per heavy atom. The number of halogens is 2. The van der Waals surface area contributed by atoms with Gasteiger partial charge in [-0.3, -0.25) is 0 Å². The monoisotopic (exact) mass is 314 g/mol. The van der Waals surface area contributed by atoms with Crippen LogP contribution in [-0.2, 0) is 4.74 Å². The highest BCUT2D eigenvalue weighted by Crippen LogP contribution is 2.19. The first kappa shape index (κ1) is 16.6. The van der Waals surface area contributed by atoms with Gasteiger partial charge in [-0.2, -0.15) is 0 Å². The van der Waals surface area contributed by atoms with Gasteiger partial charge in [0.2, 0.25) is 0 Å². The number of aliphatic hydroxyl groups is 1. The fraction of sp³-hybridized carbons (Fsp3) is 0.533. The highest BCUT2D eigenvalue weighted by molar-refractivity contribution is 5.74. The molecule has 1 aliphatic rings. The summed E-state index contributed by atoms with van der Waals surface area (Å²) < 4.78 is 31.4. The summed E-state index contributed by atoms with van der Waals surface area (Å²) in [4.78, 5) is 11.9. The molecule has 0 saturated carbocycles. The molecule has 1 saturated heterocycles. The minimum absolute atomic E-state index is 0.0582. The number of carbonyl (C=O) groups excluding carboxylic acids is 1. The fourth-order valence-electron chi connectivity index (χ4n) is 2.40. The Bertz CT molecular complexity index is 542. The van der Waals surface area contributed by atoms with Crippen molar-refractivity contribution in [2.24, 2.45) is 0 Å². The maximum atomic E-state index is 13.2. The Labute approximate surface area is 127 Å². The lowest BCUT2D eigenvalue weighted by molar-refractivity contribution is 0.112. The van der Waals surface area contributed by atoms with Gasteiger partial charge in [0.05, 0.1) is 24.3 Å². The SMILES string of the molecule is CC(NC(=O)NC1CCOC1C)C(O)c1ccc(F)c(F)c1. The molecule has 0 spiro atoms. The Morgan fingerprint density at radius 1 is 1.41 bits per heavy atom. The lowest BCUT2D eigenvalue weighted by atomic mass is 10.0. The van der Waals surface area contributed by atoms with Gasteiger partial charge in [-0.1, -0.05) is 6.07 Å². The molecule has 1 aliphatic heterocycles. The number of hydrogen-bond acceptors (Lipinski definition) is 3. The Hall–Kier alpha value is -1.73. The largest absolute Gasteiger partial charge is 0.386 e. The molecule has 122 valence electrons. The number of ether oxygens (including phenoxy) is 1. The molecule has 5 nitrogen and oxygen atoms in total. The van der Waals surface area contributed by atoms with E-state index in [4.69, 9.17) is 4.74 Å². The lowest BCUT2D eigenvalue weighted by Gasteiger charge is -2.23. The second-order valence-electron chi connectivity index (χ2n) is 5.50. The van der Waals surface area contributed by atoms with E-state index in [1.165, 1.54) is 6.07 Å². The average Bonchev–Trinajstić information content (AvgIpc) is 2.86. The second-order valence-corrected chi connectivity index (χ2v) is 5.50. The molecule has 1 heterocycles. The first-order valence-corrected chi connectivity index (χ1v) is 7.20. The Morgan fingerprint density at radius 2 is 2.14 bits per heavy atom. The molecule has 3 N–H and O–H groups in total. The van der Waals surface area contributed by atoms with Gasteiger partial charge in [0.25, 0.3) is 0 Å². The van der Waals surface area contributed by atoms with Gasteiger partial charge in [-0.15, -0.1) is 0 Å². The number of amides is 2. The van der Waals surface area contributed by atoms with Crippen LogP contribution in [0.5, 0.6) is 0 Å². The third kappa shape index (κ3) is 3.92. The smallest absolute Gasteiger partial charge is 0.315 e. The van der Waals surface area contributed by atoms with Crippen molar-refractivity contribution in [1.29, 1.82) is 0 Å². The van der Waals surface area contributed by atoms with Gasteiger partial charge in [-0.25, -0.2) is 13.6 Å². The molecule has 0 aliphatic carbocycles. The molecule has 0 radical (unpaired) electrons. The van der Waals surface area contributed by atoms with E-state index in [1.54, 1.807) is 6.92 Å². The van der Waals surface area contributed by atoms with E-state index in [2.05, 4.69) is 10.6 Å². The molecule has 0 aromatic heterocycles. The molecule has 1 aromatic rings. The molecule has 1 aromatic carbocycles. The number of urea groups is 1. The molecule has 2 rings (SSSR count). The van der Waals surface area contributed by atoms with E-state index in [0.717, 1.165) is 18.6 Å². The molecule has 4 atom stereocenters. The summed E-state index contributed by atoms with van der Waals surface area (Å²) in [5, 5.41) is 15.5. The highest BCUT2D eigenvalue weighted by atomic mass is 19.2. The van der Waals surface area contributed by atoms with Crippen LogP contribution < -0.4 is 10.6 Å². The van der Waals surface area contributed by atoms with Crippen LogP contribution in [0.2, 0.25) is 0 Å². The van der Waals surface area contributed by atoms with E-state index in [-0.39, 0.29) is 17.7 Å². The number of benzene rings is 1. The highest BCUT2D eigenvalue weighted by Gasteiger charge is 2.27. The predicted molar refractivity (Wildman–Crippen MR) is 76.3 cm³/mol. The van der Waals surface area contributed by atoms with Crippen LogP contribution in [0, 0.1) is 11.6 Å². The maximum Gasteiger partial charge on any atom is 0.315 e. The number of hydrogen-bond donors (Lipinski definition) is 3. The number of carbonyl (C=O) groups is 1. The topological polar surface area (TPSA) is 70.6 Å². The zero-order valence-corrected chi connectivity index (χ0v) is 12.5. The van der Waals surface area contributed by atoms with Crippen molar-refractivity contribution >= 4 is 6.03 Å². The van der Waals surface area contributed by atoms with Crippen LogP contribution in [0.4, 0.5) is 13.6 Å². The third-order valence-electron chi connectivity index (χ3n) is 3.81. The Kier molecular flexibility index (Phi) is 5.31. The molecule has 1 fully saturated rings. The first-order valence-electron chi connectivity index (χ1n) is 7.20. The molecule has 4 unspecified atom stereocenters. The van der Waals surface area contributed by atoms with E-state index in [0.29, 0.717) is 6.61 Å². The van der Waals surface area contributed by atoms with Crippen molar-refractivity contribution in [3.05, 3.63) is 35.4 Å². The number of rotatable bonds is 4. The first-order chi connectivity index (χ1) is 10.4. The van der Waals surface area contributed by atoms with Crippen molar-refractivity contribution < 1.29 is 23.4 Å². The molecule has 22 heavy (non-hydrogen) atoms. The maximum absolute atomic E-state index is 13.2. The van der Waals surface area contributed by atoms with Crippen LogP contribution in [0.1, 0.15) is 31.9 Å². The van der Waals surface area contributed by atoms with E-state index < -0.39 is 29.8 Å². The molecule has 0 bridgehead atoms. The van der Waals surface area contributed by atoms with Crippen LogP contribution >= 0.6 is 0 Å². The fourth-order valence-corrected chi connectivity index (χ4v) is 2.40. The van der Waals surface area contributed by atoms with Crippen LogP contribution in [0.25, 0.3) is 0 Å². The summed E-state index contributed by atoms with van der Waals surface area (Å²) >= 11 is 0. The average molecular weight is 314 g/mol. The van der Waals surface area contributed by atoms with Gasteiger partial charge in [-0.05, 0) is 38.0 Å². The van der Waals surface area contributed by atoms with Gasteiger partial charge in [0.1, 0.15) is 0 Å². The molecular formula is C15H20F2N2O3. The van der Waals surface area contributed by atoms with Gasteiger partial charge in [0, 0.05) is 6.61 Å². The van der Waals surface area contributed by atoms with Crippen molar-refractivity contribution in [3.8, 4) is 0 Å².